The number of aromatic nitrogens is 1. The van der Waals surface area contributed by atoms with Crippen LogP contribution < -0.4 is 0 Å². The zero-order chi connectivity index (χ0) is 10.6. The molecule has 3 rings (SSSR count). The number of fused-ring (bicyclic) bond motifs is 2. The molecule has 2 heterocycles. The molecule has 0 bridgehead atoms. The molecular weight excluding hydrogens is 206 g/mol. The van der Waals surface area contributed by atoms with Crippen molar-refractivity contribution < 1.29 is 4.42 Å². The topological polar surface area (TPSA) is 26.0 Å². The standard InChI is InChI=1S/C12H11NOS/c1-6-7(2)14-11-5-10-12(4-9(6)11)15-8(3)13-10/h4-5H,1-3H3. The second kappa shape index (κ2) is 2.83. The molecular formula is C12H11NOS. The maximum Gasteiger partial charge on any atom is 0.136 e. The van der Waals surface area contributed by atoms with E-state index in [1.165, 1.54) is 15.6 Å². The molecule has 1 aromatic carbocycles. The van der Waals surface area contributed by atoms with Crippen molar-refractivity contribution in [3.63, 3.8) is 0 Å². The summed E-state index contributed by atoms with van der Waals surface area (Å²) >= 11 is 1.73. The molecule has 15 heavy (non-hydrogen) atoms. The SMILES string of the molecule is Cc1nc2cc3oc(C)c(C)c3cc2s1. The molecule has 76 valence electrons. The van der Waals surface area contributed by atoms with Gasteiger partial charge in [0.1, 0.15) is 11.3 Å². The van der Waals surface area contributed by atoms with E-state index < -0.39 is 0 Å². The third kappa shape index (κ3) is 1.20. The van der Waals surface area contributed by atoms with Crippen molar-refractivity contribution in [3.05, 3.63) is 28.5 Å². The average Bonchev–Trinajstić information content (AvgIpc) is 2.65. The zero-order valence-electron chi connectivity index (χ0n) is 8.92. The summed E-state index contributed by atoms with van der Waals surface area (Å²) < 4.78 is 6.92. The van der Waals surface area contributed by atoms with Crippen molar-refractivity contribution >= 4 is 32.5 Å². The van der Waals surface area contributed by atoms with Gasteiger partial charge in [-0.1, -0.05) is 0 Å². The fraction of sp³-hybridized carbons (Fsp3) is 0.250. The molecule has 0 spiro atoms. The summed E-state index contributed by atoms with van der Waals surface area (Å²) in [5.74, 6) is 0.999. The molecule has 0 aliphatic rings. The van der Waals surface area contributed by atoms with Crippen LogP contribution in [0.4, 0.5) is 0 Å². The second-order valence-electron chi connectivity index (χ2n) is 3.83. The highest BCUT2D eigenvalue weighted by molar-refractivity contribution is 7.18. The molecule has 0 aliphatic heterocycles. The Labute approximate surface area is 91.5 Å². The average molecular weight is 217 g/mol. The van der Waals surface area contributed by atoms with Gasteiger partial charge in [0, 0.05) is 11.5 Å². The van der Waals surface area contributed by atoms with Crippen LogP contribution in [0.5, 0.6) is 0 Å². The number of hydrogen-bond donors (Lipinski definition) is 0. The van der Waals surface area contributed by atoms with Gasteiger partial charge >= 0.3 is 0 Å². The number of hydrogen-bond acceptors (Lipinski definition) is 3. The maximum absolute atomic E-state index is 5.68. The minimum absolute atomic E-state index is 0.947. The van der Waals surface area contributed by atoms with Crippen molar-refractivity contribution in [1.82, 2.24) is 4.98 Å². The Kier molecular flexibility index (Phi) is 1.68. The molecule has 0 atom stereocenters. The van der Waals surface area contributed by atoms with E-state index >= 15 is 0 Å². The lowest BCUT2D eigenvalue weighted by atomic mass is 10.1. The van der Waals surface area contributed by atoms with Crippen LogP contribution in [0.2, 0.25) is 0 Å². The zero-order valence-corrected chi connectivity index (χ0v) is 9.73. The Morgan fingerprint density at radius 3 is 2.80 bits per heavy atom. The van der Waals surface area contributed by atoms with Gasteiger partial charge in [-0.25, -0.2) is 4.98 Å². The lowest BCUT2D eigenvalue weighted by Gasteiger charge is -1.89. The van der Waals surface area contributed by atoms with E-state index in [9.17, 15) is 0 Å². The van der Waals surface area contributed by atoms with Crippen molar-refractivity contribution in [1.29, 1.82) is 0 Å². The Morgan fingerprint density at radius 1 is 1.20 bits per heavy atom. The highest BCUT2D eigenvalue weighted by Crippen LogP contribution is 2.31. The highest BCUT2D eigenvalue weighted by atomic mass is 32.1. The second-order valence-corrected chi connectivity index (χ2v) is 5.07. The maximum atomic E-state index is 5.68. The molecule has 2 aromatic heterocycles. The largest absolute Gasteiger partial charge is 0.461 e. The normalized spacial score (nSPS) is 11.7. The number of thiazole rings is 1. The summed E-state index contributed by atoms with van der Waals surface area (Å²) in [6, 6.07) is 4.22. The van der Waals surface area contributed by atoms with Gasteiger partial charge in [0.2, 0.25) is 0 Å². The molecule has 0 amide bonds. The molecule has 0 unspecified atom stereocenters. The van der Waals surface area contributed by atoms with Crippen LogP contribution in [-0.2, 0) is 0 Å². The lowest BCUT2D eigenvalue weighted by molar-refractivity contribution is 0.575. The van der Waals surface area contributed by atoms with Crippen molar-refractivity contribution in [3.8, 4) is 0 Å². The molecule has 3 heteroatoms. The van der Waals surface area contributed by atoms with Gasteiger partial charge in [0.25, 0.3) is 0 Å². The molecule has 0 radical (unpaired) electrons. The van der Waals surface area contributed by atoms with Crippen molar-refractivity contribution in [2.75, 3.05) is 0 Å². The van der Waals surface area contributed by atoms with Gasteiger partial charge in [-0.15, -0.1) is 11.3 Å². The summed E-state index contributed by atoms with van der Waals surface area (Å²) in [6.07, 6.45) is 0. The van der Waals surface area contributed by atoms with Crippen LogP contribution in [0.25, 0.3) is 21.2 Å². The number of benzene rings is 1. The minimum atomic E-state index is 0.947. The van der Waals surface area contributed by atoms with Crippen LogP contribution in [-0.4, -0.2) is 4.98 Å². The third-order valence-corrected chi connectivity index (χ3v) is 3.73. The van der Waals surface area contributed by atoms with Crippen LogP contribution >= 0.6 is 11.3 Å². The number of nitrogens with zero attached hydrogens (tertiary/aromatic N) is 1. The van der Waals surface area contributed by atoms with E-state index in [2.05, 4.69) is 18.0 Å². The van der Waals surface area contributed by atoms with Crippen molar-refractivity contribution in [2.24, 2.45) is 0 Å². The Bertz CT molecular complexity index is 663. The number of aryl methyl sites for hydroxylation is 3. The molecule has 0 N–H and O–H groups in total. The smallest absolute Gasteiger partial charge is 0.136 e. The Morgan fingerprint density at radius 2 is 2.00 bits per heavy atom. The van der Waals surface area contributed by atoms with Gasteiger partial charge in [0.05, 0.1) is 15.2 Å². The van der Waals surface area contributed by atoms with Crippen molar-refractivity contribution in [2.45, 2.75) is 20.8 Å². The summed E-state index contributed by atoms with van der Waals surface area (Å²) in [4.78, 5) is 4.46. The molecule has 0 aliphatic carbocycles. The van der Waals surface area contributed by atoms with E-state index in [0.29, 0.717) is 0 Å². The van der Waals surface area contributed by atoms with Gasteiger partial charge in [0.15, 0.2) is 0 Å². The van der Waals surface area contributed by atoms with Crippen LogP contribution in [0, 0.1) is 20.8 Å². The molecule has 0 fully saturated rings. The number of rotatable bonds is 0. The van der Waals surface area contributed by atoms with Gasteiger partial charge < -0.3 is 4.42 Å². The summed E-state index contributed by atoms with van der Waals surface area (Å²) in [5.41, 5.74) is 3.22. The van der Waals surface area contributed by atoms with Gasteiger partial charge in [-0.3, -0.25) is 0 Å². The van der Waals surface area contributed by atoms with Gasteiger partial charge in [-0.05, 0) is 32.4 Å². The lowest BCUT2D eigenvalue weighted by Crippen LogP contribution is -1.71. The van der Waals surface area contributed by atoms with Crippen LogP contribution in [0.15, 0.2) is 16.5 Å². The summed E-state index contributed by atoms with van der Waals surface area (Å²) in [6.45, 7) is 6.13. The van der Waals surface area contributed by atoms with E-state index in [1.54, 1.807) is 11.3 Å². The molecule has 2 nitrogen and oxygen atoms in total. The first kappa shape index (κ1) is 8.92. The Balaban J connectivity index is 2.51. The van der Waals surface area contributed by atoms with Gasteiger partial charge in [-0.2, -0.15) is 0 Å². The molecule has 0 saturated carbocycles. The highest BCUT2D eigenvalue weighted by Gasteiger charge is 2.09. The van der Waals surface area contributed by atoms with E-state index in [1.807, 2.05) is 19.9 Å². The first-order valence-electron chi connectivity index (χ1n) is 4.92. The first-order valence-corrected chi connectivity index (χ1v) is 5.73. The first-order chi connectivity index (χ1) is 7.15. The van der Waals surface area contributed by atoms with E-state index in [0.717, 1.165) is 21.9 Å². The molecule has 0 saturated heterocycles. The number of furan rings is 1. The monoisotopic (exact) mass is 217 g/mol. The summed E-state index contributed by atoms with van der Waals surface area (Å²) in [5, 5.41) is 2.32. The fourth-order valence-corrected chi connectivity index (χ4v) is 2.73. The van der Waals surface area contributed by atoms with E-state index in [4.69, 9.17) is 4.42 Å². The Hall–Kier alpha value is -1.35. The third-order valence-electron chi connectivity index (χ3n) is 2.79. The van der Waals surface area contributed by atoms with E-state index in [-0.39, 0.29) is 0 Å². The molecule has 3 aromatic rings. The predicted octanol–water partition coefficient (Wildman–Crippen LogP) is 3.97. The minimum Gasteiger partial charge on any atom is -0.461 e. The van der Waals surface area contributed by atoms with Crippen LogP contribution in [0.1, 0.15) is 16.3 Å². The fourth-order valence-electron chi connectivity index (χ4n) is 1.88. The predicted molar refractivity (Wildman–Crippen MR) is 63.6 cm³/mol. The summed E-state index contributed by atoms with van der Waals surface area (Å²) in [7, 11) is 0. The quantitative estimate of drug-likeness (QED) is 0.569. The van der Waals surface area contributed by atoms with Crippen LogP contribution in [0.3, 0.4) is 0 Å².